The van der Waals surface area contributed by atoms with Gasteiger partial charge >= 0.3 is 0 Å². The molecule has 2 fully saturated rings. The highest BCUT2D eigenvalue weighted by atomic mass is 19.1. The molecule has 2 heterocycles. The van der Waals surface area contributed by atoms with Crippen LogP contribution in [0.2, 0.25) is 0 Å². The van der Waals surface area contributed by atoms with E-state index in [0.717, 1.165) is 12.1 Å². The minimum absolute atomic E-state index is 0.0340. The normalized spacial score (nSPS) is 23.7. The standard InChI is InChI=1S/C16H15F2N3O2/c1-20-8-13-10(15(20)22)3-2-4-21(13)16(23)14-11(17)5-9(7-19)6-12(14)18/h5-6,10,13H,2-4,8H2,1H3/t10-,13-/m1/s1. The average molecular weight is 319 g/mol. The second-order valence-corrected chi connectivity index (χ2v) is 5.96. The Bertz CT molecular complexity index is 706. The monoisotopic (exact) mass is 319 g/mol. The zero-order valence-corrected chi connectivity index (χ0v) is 12.6. The van der Waals surface area contributed by atoms with Crippen LogP contribution in [0.1, 0.15) is 28.8 Å². The van der Waals surface area contributed by atoms with Gasteiger partial charge in [-0.15, -0.1) is 0 Å². The van der Waals surface area contributed by atoms with Crippen LogP contribution < -0.4 is 0 Å². The maximum atomic E-state index is 14.1. The molecule has 23 heavy (non-hydrogen) atoms. The molecular formula is C16H15F2N3O2. The Hall–Kier alpha value is -2.49. The average Bonchev–Trinajstić information content (AvgIpc) is 2.81. The Balaban J connectivity index is 1.95. The van der Waals surface area contributed by atoms with Gasteiger partial charge in [-0.1, -0.05) is 0 Å². The van der Waals surface area contributed by atoms with Crippen LogP contribution in [0, 0.1) is 28.9 Å². The van der Waals surface area contributed by atoms with Gasteiger partial charge in [-0.3, -0.25) is 9.59 Å². The van der Waals surface area contributed by atoms with Gasteiger partial charge < -0.3 is 9.80 Å². The van der Waals surface area contributed by atoms with Crippen molar-refractivity contribution in [1.82, 2.24) is 9.80 Å². The number of hydrogen-bond acceptors (Lipinski definition) is 3. The first-order chi connectivity index (χ1) is 10.9. The number of fused-ring (bicyclic) bond motifs is 1. The number of carbonyl (C=O) groups excluding carboxylic acids is 2. The second-order valence-electron chi connectivity index (χ2n) is 5.96. The summed E-state index contributed by atoms with van der Waals surface area (Å²) in [5.41, 5.74) is -0.837. The van der Waals surface area contributed by atoms with Crippen LogP contribution in [0.3, 0.4) is 0 Å². The summed E-state index contributed by atoms with van der Waals surface area (Å²) < 4.78 is 28.2. The second kappa shape index (κ2) is 5.61. The fourth-order valence-electron chi connectivity index (χ4n) is 3.46. The number of nitrogens with zero attached hydrogens (tertiary/aromatic N) is 3. The topological polar surface area (TPSA) is 64.4 Å². The van der Waals surface area contributed by atoms with Gasteiger partial charge in [0.15, 0.2) is 0 Å². The summed E-state index contributed by atoms with van der Waals surface area (Å²) in [5, 5.41) is 8.72. The molecule has 0 aliphatic carbocycles. The summed E-state index contributed by atoms with van der Waals surface area (Å²) in [7, 11) is 1.66. The van der Waals surface area contributed by atoms with E-state index in [1.54, 1.807) is 18.0 Å². The molecule has 0 saturated carbocycles. The number of nitriles is 1. The Kier molecular flexibility index (Phi) is 3.76. The van der Waals surface area contributed by atoms with Gasteiger partial charge in [0.05, 0.1) is 23.6 Å². The fraction of sp³-hybridized carbons (Fsp3) is 0.438. The first kappa shape index (κ1) is 15.4. The number of amides is 2. The van der Waals surface area contributed by atoms with Crippen molar-refractivity contribution in [3.8, 4) is 6.07 Å². The van der Waals surface area contributed by atoms with Crippen molar-refractivity contribution >= 4 is 11.8 Å². The van der Waals surface area contributed by atoms with E-state index in [1.165, 1.54) is 4.90 Å². The molecule has 2 aliphatic rings. The lowest BCUT2D eigenvalue weighted by atomic mass is 9.91. The molecule has 2 amide bonds. The number of carbonyl (C=O) groups is 2. The first-order valence-electron chi connectivity index (χ1n) is 7.39. The van der Waals surface area contributed by atoms with Crippen LogP contribution >= 0.6 is 0 Å². The quantitative estimate of drug-likeness (QED) is 0.788. The highest BCUT2D eigenvalue weighted by Crippen LogP contribution is 2.32. The maximum absolute atomic E-state index is 14.1. The number of rotatable bonds is 1. The minimum Gasteiger partial charge on any atom is -0.343 e. The maximum Gasteiger partial charge on any atom is 0.260 e. The molecule has 0 aromatic heterocycles. The first-order valence-corrected chi connectivity index (χ1v) is 7.39. The van der Waals surface area contributed by atoms with Crippen LogP contribution in [0.25, 0.3) is 0 Å². The number of halogens is 2. The smallest absolute Gasteiger partial charge is 0.260 e. The van der Waals surface area contributed by atoms with E-state index in [-0.39, 0.29) is 23.4 Å². The lowest BCUT2D eigenvalue weighted by Gasteiger charge is -2.36. The molecule has 0 bridgehead atoms. The minimum atomic E-state index is -1.05. The SMILES string of the molecule is CN1C[C@@H]2[C@@H](CCCN2C(=O)c2c(F)cc(C#N)cc2F)C1=O. The molecule has 0 unspecified atom stereocenters. The van der Waals surface area contributed by atoms with Crippen molar-refractivity contribution in [1.29, 1.82) is 5.26 Å². The van der Waals surface area contributed by atoms with Gasteiger partial charge in [0.1, 0.15) is 17.2 Å². The van der Waals surface area contributed by atoms with Gasteiger partial charge in [-0.2, -0.15) is 5.26 Å². The van der Waals surface area contributed by atoms with E-state index in [9.17, 15) is 18.4 Å². The van der Waals surface area contributed by atoms with Crippen molar-refractivity contribution in [3.05, 3.63) is 34.9 Å². The van der Waals surface area contributed by atoms with E-state index >= 15 is 0 Å². The molecule has 0 spiro atoms. The van der Waals surface area contributed by atoms with E-state index in [2.05, 4.69) is 0 Å². The highest BCUT2D eigenvalue weighted by molar-refractivity contribution is 5.96. The van der Waals surface area contributed by atoms with Gasteiger partial charge in [-0.05, 0) is 25.0 Å². The molecule has 0 N–H and O–H groups in total. The van der Waals surface area contributed by atoms with E-state index in [4.69, 9.17) is 5.26 Å². The Labute approximate surface area is 132 Å². The van der Waals surface area contributed by atoms with E-state index < -0.39 is 23.1 Å². The van der Waals surface area contributed by atoms with E-state index in [1.807, 2.05) is 0 Å². The third-order valence-corrected chi connectivity index (χ3v) is 4.58. The summed E-state index contributed by atoms with van der Waals surface area (Å²) in [6, 6.07) is 2.99. The zero-order chi connectivity index (χ0) is 16.7. The lowest BCUT2D eigenvalue weighted by Crippen LogP contribution is -2.49. The molecule has 0 radical (unpaired) electrons. The zero-order valence-electron chi connectivity index (χ0n) is 12.6. The molecular weight excluding hydrogens is 304 g/mol. The van der Waals surface area contributed by atoms with Gasteiger partial charge in [0, 0.05) is 20.1 Å². The predicted molar refractivity (Wildman–Crippen MR) is 76.3 cm³/mol. The van der Waals surface area contributed by atoms with Crippen LogP contribution in [0.4, 0.5) is 8.78 Å². The van der Waals surface area contributed by atoms with Crippen molar-refractivity contribution in [3.63, 3.8) is 0 Å². The van der Waals surface area contributed by atoms with Crippen molar-refractivity contribution < 1.29 is 18.4 Å². The molecule has 3 rings (SSSR count). The summed E-state index contributed by atoms with van der Waals surface area (Å²) in [6.07, 6.45) is 1.29. The number of benzene rings is 1. The van der Waals surface area contributed by atoms with Gasteiger partial charge in [0.25, 0.3) is 5.91 Å². The van der Waals surface area contributed by atoms with Crippen molar-refractivity contribution in [2.24, 2.45) is 5.92 Å². The van der Waals surface area contributed by atoms with Crippen LogP contribution in [0.5, 0.6) is 0 Å². The molecule has 2 aliphatic heterocycles. The highest BCUT2D eigenvalue weighted by Gasteiger charge is 2.46. The third kappa shape index (κ3) is 2.44. The summed E-state index contributed by atoms with van der Waals surface area (Å²) in [5.74, 6) is -3.20. The summed E-state index contributed by atoms with van der Waals surface area (Å²) >= 11 is 0. The summed E-state index contributed by atoms with van der Waals surface area (Å²) in [6.45, 7) is 0.731. The van der Waals surface area contributed by atoms with Crippen LogP contribution in [-0.4, -0.2) is 47.8 Å². The molecule has 2 atom stereocenters. The predicted octanol–water partition coefficient (Wildman–Crippen LogP) is 1.53. The molecule has 2 saturated heterocycles. The number of likely N-dealkylation sites (N-methyl/N-ethyl adjacent to an activating group) is 1. The molecule has 7 heteroatoms. The molecule has 1 aromatic carbocycles. The van der Waals surface area contributed by atoms with Crippen molar-refractivity contribution in [2.45, 2.75) is 18.9 Å². The number of piperidine rings is 1. The van der Waals surface area contributed by atoms with E-state index in [0.29, 0.717) is 25.9 Å². The summed E-state index contributed by atoms with van der Waals surface area (Å²) in [4.78, 5) is 27.6. The fourth-order valence-corrected chi connectivity index (χ4v) is 3.46. The molecule has 120 valence electrons. The van der Waals surface area contributed by atoms with Gasteiger partial charge in [0.2, 0.25) is 5.91 Å². The molecule has 1 aromatic rings. The Morgan fingerprint density at radius 2 is 2.00 bits per heavy atom. The Morgan fingerprint density at radius 1 is 1.35 bits per heavy atom. The third-order valence-electron chi connectivity index (χ3n) is 4.58. The van der Waals surface area contributed by atoms with Crippen LogP contribution in [0.15, 0.2) is 12.1 Å². The number of likely N-dealkylation sites (tertiary alicyclic amines) is 2. The Morgan fingerprint density at radius 3 is 2.61 bits per heavy atom. The van der Waals surface area contributed by atoms with Crippen LogP contribution in [-0.2, 0) is 4.79 Å². The van der Waals surface area contributed by atoms with Crippen molar-refractivity contribution in [2.75, 3.05) is 20.1 Å². The number of hydrogen-bond donors (Lipinski definition) is 0. The van der Waals surface area contributed by atoms with Gasteiger partial charge in [-0.25, -0.2) is 8.78 Å². The largest absolute Gasteiger partial charge is 0.343 e. The lowest BCUT2D eigenvalue weighted by molar-refractivity contribution is -0.130. The molecule has 5 nitrogen and oxygen atoms in total.